The lowest BCUT2D eigenvalue weighted by atomic mass is 10.2. The zero-order valence-electron chi connectivity index (χ0n) is 10.1. The maximum Gasteiger partial charge on any atom is 0.139 e. The Morgan fingerprint density at radius 2 is 2.18 bits per heavy atom. The zero-order valence-corrected chi connectivity index (χ0v) is 10.9. The molecule has 0 unspecified atom stereocenters. The summed E-state index contributed by atoms with van der Waals surface area (Å²) in [6, 6.07) is 5.72. The summed E-state index contributed by atoms with van der Waals surface area (Å²) in [5, 5.41) is 1.01. The maximum absolute atomic E-state index is 5.81. The van der Waals surface area contributed by atoms with Gasteiger partial charge in [0, 0.05) is 30.4 Å². The minimum absolute atomic E-state index is 0.742. The summed E-state index contributed by atoms with van der Waals surface area (Å²) in [7, 11) is 2.04. The number of thioether (sulfide) groups is 1. The number of aromatic nitrogens is 2. The summed E-state index contributed by atoms with van der Waals surface area (Å²) < 4.78 is 0. The van der Waals surface area contributed by atoms with Gasteiger partial charge in [0.25, 0.3) is 0 Å². The largest absolute Gasteiger partial charge is 0.399 e. The summed E-state index contributed by atoms with van der Waals surface area (Å²) >= 11 is 1.82. The summed E-state index contributed by atoms with van der Waals surface area (Å²) in [6.45, 7) is 0.960. The first-order valence-electron chi connectivity index (χ1n) is 5.42. The van der Waals surface area contributed by atoms with Crippen molar-refractivity contribution in [3.63, 3.8) is 0 Å². The molecule has 0 aliphatic rings. The molecule has 0 amide bonds. The fourth-order valence-corrected chi connectivity index (χ4v) is 2.16. The minimum Gasteiger partial charge on any atom is -0.399 e. The normalized spacial score (nSPS) is 10.7. The van der Waals surface area contributed by atoms with Crippen molar-refractivity contribution in [2.75, 3.05) is 36.2 Å². The third kappa shape index (κ3) is 2.61. The lowest BCUT2D eigenvalue weighted by Crippen LogP contribution is -2.21. The molecule has 0 aliphatic carbocycles. The van der Waals surface area contributed by atoms with E-state index in [0.717, 1.165) is 34.7 Å². The van der Waals surface area contributed by atoms with Crippen LogP contribution in [0.15, 0.2) is 24.5 Å². The molecule has 0 radical (unpaired) electrons. The Morgan fingerprint density at radius 1 is 1.35 bits per heavy atom. The van der Waals surface area contributed by atoms with Gasteiger partial charge in [-0.2, -0.15) is 11.8 Å². The number of anilines is 2. The molecule has 0 fully saturated rings. The first-order chi connectivity index (χ1) is 8.22. The van der Waals surface area contributed by atoms with E-state index >= 15 is 0 Å². The quantitative estimate of drug-likeness (QED) is 0.839. The van der Waals surface area contributed by atoms with E-state index in [1.165, 1.54) is 0 Å². The predicted molar refractivity (Wildman–Crippen MR) is 75.6 cm³/mol. The fourth-order valence-electron chi connectivity index (χ4n) is 1.70. The van der Waals surface area contributed by atoms with Crippen LogP contribution in [0.2, 0.25) is 0 Å². The SMILES string of the molecule is CSCCN(C)c1ncnc2ccc(N)cc12. The lowest BCUT2D eigenvalue weighted by Gasteiger charge is -2.19. The molecule has 0 saturated carbocycles. The second kappa shape index (κ2) is 5.23. The standard InChI is InChI=1S/C12H16N4S/c1-16(5-6-17-2)12-10-7-9(13)3-4-11(10)14-8-15-12/h3-4,7-8H,5-6,13H2,1-2H3. The van der Waals surface area contributed by atoms with E-state index in [9.17, 15) is 0 Å². The van der Waals surface area contributed by atoms with Crippen LogP contribution in [-0.2, 0) is 0 Å². The van der Waals surface area contributed by atoms with E-state index in [0.29, 0.717) is 0 Å². The summed E-state index contributed by atoms with van der Waals surface area (Å²) in [5.41, 5.74) is 7.49. The van der Waals surface area contributed by atoms with Crippen LogP contribution in [0, 0.1) is 0 Å². The topological polar surface area (TPSA) is 55.0 Å². The van der Waals surface area contributed by atoms with Crippen molar-refractivity contribution in [2.45, 2.75) is 0 Å². The summed E-state index contributed by atoms with van der Waals surface area (Å²) in [5.74, 6) is 2.01. The average molecular weight is 248 g/mol. The number of nitrogens with zero attached hydrogens (tertiary/aromatic N) is 3. The van der Waals surface area contributed by atoms with Crippen LogP contribution in [0.5, 0.6) is 0 Å². The van der Waals surface area contributed by atoms with Crippen LogP contribution in [0.3, 0.4) is 0 Å². The molecule has 5 heteroatoms. The lowest BCUT2D eigenvalue weighted by molar-refractivity contribution is 0.948. The van der Waals surface area contributed by atoms with Gasteiger partial charge in [-0.3, -0.25) is 0 Å². The molecule has 0 bridgehead atoms. The molecule has 0 saturated heterocycles. The number of benzene rings is 1. The molecule has 0 aliphatic heterocycles. The molecule has 17 heavy (non-hydrogen) atoms. The van der Waals surface area contributed by atoms with Crippen molar-refractivity contribution in [3.05, 3.63) is 24.5 Å². The molecule has 2 rings (SSSR count). The Bertz CT molecular complexity index is 515. The Balaban J connectivity index is 2.42. The smallest absolute Gasteiger partial charge is 0.139 e. The van der Waals surface area contributed by atoms with Crippen molar-refractivity contribution >= 4 is 34.2 Å². The maximum atomic E-state index is 5.81. The van der Waals surface area contributed by atoms with E-state index in [2.05, 4.69) is 21.1 Å². The molecule has 1 aromatic heterocycles. The van der Waals surface area contributed by atoms with E-state index < -0.39 is 0 Å². The van der Waals surface area contributed by atoms with Crippen LogP contribution >= 0.6 is 11.8 Å². The van der Waals surface area contributed by atoms with Crippen molar-refractivity contribution in [3.8, 4) is 0 Å². The highest BCUT2D eigenvalue weighted by Gasteiger charge is 2.08. The first-order valence-corrected chi connectivity index (χ1v) is 6.82. The van der Waals surface area contributed by atoms with E-state index in [4.69, 9.17) is 5.73 Å². The number of nitrogens with two attached hydrogens (primary N) is 1. The second-order valence-electron chi connectivity index (χ2n) is 3.89. The summed E-state index contributed by atoms with van der Waals surface area (Å²) in [4.78, 5) is 10.7. The second-order valence-corrected chi connectivity index (χ2v) is 4.87. The molecule has 90 valence electrons. The Kier molecular flexibility index (Phi) is 3.68. The van der Waals surface area contributed by atoms with Gasteiger partial charge in [0.15, 0.2) is 0 Å². The Labute approximate surface area is 105 Å². The summed E-state index contributed by atoms with van der Waals surface area (Å²) in [6.07, 6.45) is 3.70. The van der Waals surface area contributed by atoms with Crippen LogP contribution in [0.4, 0.5) is 11.5 Å². The fraction of sp³-hybridized carbons (Fsp3) is 0.333. The highest BCUT2D eigenvalue weighted by Crippen LogP contribution is 2.23. The average Bonchev–Trinajstić information content (AvgIpc) is 2.35. The number of rotatable bonds is 4. The van der Waals surface area contributed by atoms with Gasteiger partial charge in [0.1, 0.15) is 12.1 Å². The van der Waals surface area contributed by atoms with E-state index in [1.54, 1.807) is 6.33 Å². The zero-order chi connectivity index (χ0) is 12.3. The molecule has 1 heterocycles. The Morgan fingerprint density at radius 3 is 2.94 bits per heavy atom. The van der Waals surface area contributed by atoms with Gasteiger partial charge in [-0.25, -0.2) is 9.97 Å². The molecule has 2 N–H and O–H groups in total. The van der Waals surface area contributed by atoms with Gasteiger partial charge >= 0.3 is 0 Å². The first kappa shape index (κ1) is 12.0. The van der Waals surface area contributed by atoms with Crippen molar-refractivity contribution in [1.82, 2.24) is 9.97 Å². The monoisotopic (exact) mass is 248 g/mol. The number of hydrogen-bond acceptors (Lipinski definition) is 5. The molecule has 2 aromatic rings. The van der Waals surface area contributed by atoms with Gasteiger partial charge in [0.05, 0.1) is 5.52 Å². The van der Waals surface area contributed by atoms with Crippen molar-refractivity contribution < 1.29 is 0 Å². The highest BCUT2D eigenvalue weighted by molar-refractivity contribution is 7.98. The molecule has 1 aromatic carbocycles. The third-order valence-electron chi connectivity index (χ3n) is 2.63. The van der Waals surface area contributed by atoms with Crippen molar-refractivity contribution in [2.24, 2.45) is 0 Å². The third-order valence-corrected chi connectivity index (χ3v) is 3.22. The number of nitrogen functional groups attached to an aromatic ring is 1. The van der Waals surface area contributed by atoms with Crippen molar-refractivity contribution in [1.29, 1.82) is 0 Å². The van der Waals surface area contributed by atoms with E-state index in [1.807, 2.05) is 37.0 Å². The number of hydrogen-bond donors (Lipinski definition) is 1. The van der Waals surface area contributed by atoms with Crippen LogP contribution in [0.1, 0.15) is 0 Å². The predicted octanol–water partition coefficient (Wildman–Crippen LogP) is 2.01. The molecule has 4 nitrogen and oxygen atoms in total. The van der Waals surface area contributed by atoms with Crippen LogP contribution in [-0.4, -0.2) is 35.6 Å². The van der Waals surface area contributed by atoms with Gasteiger partial charge in [0.2, 0.25) is 0 Å². The van der Waals surface area contributed by atoms with Gasteiger partial charge in [-0.1, -0.05) is 0 Å². The Hall–Kier alpha value is -1.49. The highest BCUT2D eigenvalue weighted by atomic mass is 32.2. The number of fused-ring (bicyclic) bond motifs is 1. The minimum atomic E-state index is 0.742. The van der Waals surface area contributed by atoms with E-state index in [-0.39, 0.29) is 0 Å². The van der Waals surface area contributed by atoms with Crippen LogP contribution < -0.4 is 10.6 Å². The molecular weight excluding hydrogens is 232 g/mol. The van der Waals surface area contributed by atoms with Gasteiger partial charge < -0.3 is 10.6 Å². The molecule has 0 atom stereocenters. The molecular formula is C12H16N4S. The molecule has 0 spiro atoms. The van der Waals surface area contributed by atoms with Gasteiger partial charge in [-0.05, 0) is 24.5 Å². The van der Waals surface area contributed by atoms with Crippen LogP contribution in [0.25, 0.3) is 10.9 Å². The van der Waals surface area contributed by atoms with Gasteiger partial charge in [-0.15, -0.1) is 0 Å².